The average molecular weight is 224 g/mol. The Hall–Kier alpha value is -0.570. The summed E-state index contributed by atoms with van der Waals surface area (Å²) in [6, 6.07) is 0.541. The van der Waals surface area contributed by atoms with Crippen LogP contribution in [0.1, 0.15) is 51.4 Å². The van der Waals surface area contributed by atoms with Crippen LogP contribution in [0.4, 0.5) is 0 Å². The molecule has 1 unspecified atom stereocenters. The molecule has 2 fully saturated rings. The van der Waals surface area contributed by atoms with Crippen molar-refractivity contribution >= 4 is 5.91 Å². The van der Waals surface area contributed by atoms with Gasteiger partial charge in [-0.05, 0) is 31.6 Å². The van der Waals surface area contributed by atoms with Gasteiger partial charge in [-0.2, -0.15) is 0 Å². The predicted octanol–water partition coefficient (Wildman–Crippen LogP) is 1.91. The average Bonchev–Trinajstić information content (AvgIpc) is 2.79. The van der Waals surface area contributed by atoms with E-state index >= 15 is 0 Å². The second-order valence-electron chi connectivity index (χ2n) is 5.23. The highest BCUT2D eigenvalue weighted by atomic mass is 16.2. The minimum absolute atomic E-state index is 0.288. The topological polar surface area (TPSA) is 46.3 Å². The van der Waals surface area contributed by atoms with Crippen molar-refractivity contribution in [2.75, 3.05) is 13.1 Å². The highest BCUT2D eigenvalue weighted by Gasteiger charge is 2.34. The molecule has 2 rings (SSSR count). The van der Waals surface area contributed by atoms with Gasteiger partial charge in [0, 0.05) is 25.6 Å². The molecule has 1 saturated carbocycles. The molecule has 2 N–H and O–H groups in total. The lowest BCUT2D eigenvalue weighted by Crippen LogP contribution is -2.41. The number of hydrogen-bond acceptors (Lipinski definition) is 2. The first-order valence-corrected chi connectivity index (χ1v) is 6.82. The standard InChI is InChI=1S/C13H24N2O/c14-9-8-13(16)15-10-4-7-12(15)11-5-2-1-3-6-11/h11-12H,1-10,14H2. The zero-order chi connectivity index (χ0) is 11.4. The molecule has 1 atom stereocenters. The van der Waals surface area contributed by atoms with Crippen molar-refractivity contribution in [3.63, 3.8) is 0 Å². The van der Waals surface area contributed by atoms with Crippen LogP contribution >= 0.6 is 0 Å². The fraction of sp³-hybridized carbons (Fsp3) is 0.923. The zero-order valence-corrected chi connectivity index (χ0v) is 10.2. The van der Waals surface area contributed by atoms with Crippen molar-refractivity contribution < 1.29 is 4.79 Å². The van der Waals surface area contributed by atoms with E-state index in [0.29, 0.717) is 19.0 Å². The number of carbonyl (C=O) groups is 1. The molecule has 1 aliphatic heterocycles. The number of amides is 1. The van der Waals surface area contributed by atoms with Crippen LogP contribution in [0, 0.1) is 5.92 Å². The minimum atomic E-state index is 0.288. The van der Waals surface area contributed by atoms with Gasteiger partial charge in [-0.3, -0.25) is 4.79 Å². The molecule has 1 amide bonds. The number of nitrogens with two attached hydrogens (primary N) is 1. The normalized spacial score (nSPS) is 27.3. The fourth-order valence-electron chi connectivity index (χ4n) is 3.38. The Balaban J connectivity index is 1.93. The van der Waals surface area contributed by atoms with E-state index in [4.69, 9.17) is 5.73 Å². The van der Waals surface area contributed by atoms with Crippen molar-refractivity contribution in [2.24, 2.45) is 11.7 Å². The first-order valence-electron chi connectivity index (χ1n) is 6.82. The van der Waals surface area contributed by atoms with Gasteiger partial charge in [-0.1, -0.05) is 19.3 Å². The van der Waals surface area contributed by atoms with Crippen LogP contribution in [0.3, 0.4) is 0 Å². The van der Waals surface area contributed by atoms with Crippen molar-refractivity contribution in [1.29, 1.82) is 0 Å². The van der Waals surface area contributed by atoms with Gasteiger partial charge in [-0.25, -0.2) is 0 Å². The van der Waals surface area contributed by atoms with E-state index in [1.807, 2.05) is 0 Å². The predicted molar refractivity (Wildman–Crippen MR) is 65.0 cm³/mol. The van der Waals surface area contributed by atoms with E-state index in [9.17, 15) is 4.79 Å². The van der Waals surface area contributed by atoms with E-state index < -0.39 is 0 Å². The number of likely N-dealkylation sites (tertiary alicyclic amines) is 1. The second kappa shape index (κ2) is 5.67. The third kappa shape index (κ3) is 2.57. The van der Waals surface area contributed by atoms with Gasteiger partial charge in [0.2, 0.25) is 5.91 Å². The van der Waals surface area contributed by atoms with Gasteiger partial charge < -0.3 is 10.6 Å². The molecule has 1 heterocycles. The molecule has 2 aliphatic rings. The van der Waals surface area contributed by atoms with Gasteiger partial charge >= 0.3 is 0 Å². The van der Waals surface area contributed by atoms with Gasteiger partial charge in [0.1, 0.15) is 0 Å². The number of rotatable bonds is 3. The maximum Gasteiger partial charge on any atom is 0.224 e. The molecule has 0 spiro atoms. The molecular weight excluding hydrogens is 200 g/mol. The van der Waals surface area contributed by atoms with E-state index in [1.54, 1.807) is 0 Å². The smallest absolute Gasteiger partial charge is 0.224 e. The Morgan fingerprint density at radius 3 is 2.56 bits per heavy atom. The number of nitrogens with zero attached hydrogens (tertiary/aromatic N) is 1. The van der Waals surface area contributed by atoms with Gasteiger partial charge in [0.25, 0.3) is 0 Å². The molecule has 3 heteroatoms. The van der Waals surface area contributed by atoms with Crippen molar-refractivity contribution in [3.8, 4) is 0 Å². The van der Waals surface area contributed by atoms with Crippen LogP contribution in [-0.4, -0.2) is 29.9 Å². The van der Waals surface area contributed by atoms with Crippen molar-refractivity contribution in [2.45, 2.75) is 57.4 Å². The quantitative estimate of drug-likeness (QED) is 0.796. The van der Waals surface area contributed by atoms with Crippen LogP contribution in [0.25, 0.3) is 0 Å². The van der Waals surface area contributed by atoms with Crippen molar-refractivity contribution in [1.82, 2.24) is 4.90 Å². The van der Waals surface area contributed by atoms with Crippen LogP contribution in [0.2, 0.25) is 0 Å². The van der Waals surface area contributed by atoms with Gasteiger partial charge in [0.05, 0.1) is 0 Å². The Morgan fingerprint density at radius 1 is 1.12 bits per heavy atom. The molecule has 0 bridgehead atoms. The lowest BCUT2D eigenvalue weighted by Gasteiger charge is -2.34. The summed E-state index contributed by atoms with van der Waals surface area (Å²) < 4.78 is 0. The van der Waals surface area contributed by atoms with E-state index in [-0.39, 0.29) is 5.91 Å². The third-order valence-electron chi connectivity index (χ3n) is 4.17. The summed E-state index contributed by atoms with van der Waals surface area (Å²) in [6.45, 7) is 1.46. The summed E-state index contributed by atoms with van der Waals surface area (Å²) >= 11 is 0. The fourth-order valence-corrected chi connectivity index (χ4v) is 3.38. The summed E-state index contributed by atoms with van der Waals surface area (Å²) in [5.41, 5.74) is 5.47. The van der Waals surface area contributed by atoms with E-state index in [2.05, 4.69) is 4.90 Å². The van der Waals surface area contributed by atoms with Crippen molar-refractivity contribution in [3.05, 3.63) is 0 Å². The molecule has 3 nitrogen and oxygen atoms in total. The maximum absolute atomic E-state index is 11.9. The third-order valence-corrected chi connectivity index (χ3v) is 4.17. The maximum atomic E-state index is 11.9. The molecule has 0 radical (unpaired) electrons. The number of hydrogen-bond donors (Lipinski definition) is 1. The Labute approximate surface area is 98.4 Å². The lowest BCUT2D eigenvalue weighted by atomic mass is 9.83. The Kier molecular flexibility index (Phi) is 4.22. The summed E-state index contributed by atoms with van der Waals surface area (Å²) in [6.07, 6.45) is 9.72. The summed E-state index contributed by atoms with van der Waals surface area (Å²) in [5.74, 6) is 1.06. The highest BCUT2D eigenvalue weighted by Crippen LogP contribution is 2.34. The minimum Gasteiger partial charge on any atom is -0.339 e. The first kappa shape index (κ1) is 11.9. The summed E-state index contributed by atoms with van der Waals surface area (Å²) in [5, 5.41) is 0. The molecule has 0 aromatic rings. The molecule has 1 aliphatic carbocycles. The van der Waals surface area contributed by atoms with Crippen LogP contribution in [-0.2, 0) is 4.79 Å². The summed E-state index contributed by atoms with van der Waals surface area (Å²) in [7, 11) is 0. The zero-order valence-electron chi connectivity index (χ0n) is 10.2. The molecule has 0 aromatic carbocycles. The van der Waals surface area contributed by atoms with Gasteiger partial charge in [-0.15, -0.1) is 0 Å². The van der Waals surface area contributed by atoms with Crippen LogP contribution < -0.4 is 5.73 Å². The first-order chi connectivity index (χ1) is 7.83. The largest absolute Gasteiger partial charge is 0.339 e. The Morgan fingerprint density at radius 2 is 1.88 bits per heavy atom. The highest BCUT2D eigenvalue weighted by molar-refractivity contribution is 5.77. The SMILES string of the molecule is NCCC(=O)N1CCCC1C1CCCCC1. The molecule has 16 heavy (non-hydrogen) atoms. The molecule has 0 aromatic heterocycles. The second-order valence-corrected chi connectivity index (χ2v) is 5.23. The van der Waals surface area contributed by atoms with Crippen LogP contribution in [0.15, 0.2) is 0 Å². The van der Waals surface area contributed by atoms with E-state index in [1.165, 1.54) is 44.9 Å². The van der Waals surface area contributed by atoms with Gasteiger partial charge in [0.15, 0.2) is 0 Å². The summed E-state index contributed by atoms with van der Waals surface area (Å²) in [4.78, 5) is 14.1. The Bertz CT molecular complexity index is 236. The number of carbonyl (C=O) groups excluding carboxylic acids is 1. The van der Waals surface area contributed by atoms with Crippen LogP contribution in [0.5, 0.6) is 0 Å². The monoisotopic (exact) mass is 224 g/mol. The molecule has 92 valence electrons. The van der Waals surface area contributed by atoms with E-state index in [0.717, 1.165) is 12.5 Å². The molecule has 1 saturated heterocycles. The lowest BCUT2D eigenvalue weighted by molar-refractivity contribution is -0.132. The molecular formula is C13H24N2O.